The van der Waals surface area contributed by atoms with E-state index in [-0.39, 0.29) is 6.79 Å². The van der Waals surface area contributed by atoms with Crippen molar-refractivity contribution < 1.29 is 9.47 Å². The van der Waals surface area contributed by atoms with Gasteiger partial charge >= 0.3 is 0 Å². The largest absolute Gasteiger partial charge is 0.454 e. The van der Waals surface area contributed by atoms with Crippen LogP contribution in [0.2, 0.25) is 0 Å². The van der Waals surface area contributed by atoms with Gasteiger partial charge in [0.1, 0.15) is 12.1 Å². The summed E-state index contributed by atoms with van der Waals surface area (Å²) in [5.74, 6) is 2.35. The van der Waals surface area contributed by atoms with Crippen LogP contribution in [0.15, 0.2) is 85.3 Å². The second-order valence-corrected chi connectivity index (χ2v) is 8.03. The van der Waals surface area contributed by atoms with E-state index in [9.17, 15) is 0 Å². The molecule has 0 saturated carbocycles. The zero-order chi connectivity index (χ0) is 22.2. The number of hydrogen-bond donors (Lipinski definition) is 1. The number of aromatic nitrogens is 3. The third-order valence-electron chi connectivity index (χ3n) is 5.94. The first-order valence-corrected chi connectivity index (χ1v) is 10.9. The molecule has 0 radical (unpaired) electrons. The Bertz CT molecular complexity index is 1460. The van der Waals surface area contributed by atoms with Crippen LogP contribution in [0.25, 0.3) is 27.8 Å². The molecule has 3 aromatic carbocycles. The number of ether oxygens (including phenoxy) is 2. The van der Waals surface area contributed by atoms with Gasteiger partial charge in [0.25, 0.3) is 0 Å². The number of nitrogens with one attached hydrogen (secondary N) is 1. The molecule has 33 heavy (non-hydrogen) atoms. The van der Waals surface area contributed by atoms with Gasteiger partial charge in [-0.2, -0.15) is 0 Å². The Balaban J connectivity index is 1.46. The van der Waals surface area contributed by atoms with E-state index in [1.165, 1.54) is 5.56 Å². The maximum Gasteiger partial charge on any atom is 0.231 e. The normalized spacial score (nSPS) is 12.3. The molecule has 6 rings (SSSR count). The minimum absolute atomic E-state index is 0.269. The number of aryl methyl sites for hydroxylation is 1. The summed E-state index contributed by atoms with van der Waals surface area (Å²) >= 11 is 0. The number of benzene rings is 3. The van der Waals surface area contributed by atoms with Gasteiger partial charge in [0.2, 0.25) is 6.79 Å². The summed E-state index contributed by atoms with van der Waals surface area (Å²) in [7, 11) is 0. The van der Waals surface area contributed by atoms with Gasteiger partial charge in [-0.05, 0) is 41.8 Å². The number of para-hydroxylation sites is 1. The smallest absolute Gasteiger partial charge is 0.231 e. The van der Waals surface area contributed by atoms with Gasteiger partial charge in [-0.15, -0.1) is 0 Å². The van der Waals surface area contributed by atoms with Crippen LogP contribution in [0, 0.1) is 6.92 Å². The number of fused-ring (bicyclic) bond motifs is 2. The highest BCUT2D eigenvalue weighted by Gasteiger charge is 2.18. The highest BCUT2D eigenvalue weighted by Crippen LogP contribution is 2.36. The number of anilines is 1. The molecule has 0 amide bonds. The third kappa shape index (κ3) is 3.46. The Labute approximate surface area is 191 Å². The molecule has 0 bridgehead atoms. The van der Waals surface area contributed by atoms with Crippen molar-refractivity contribution in [1.82, 2.24) is 14.5 Å². The lowest BCUT2D eigenvalue weighted by molar-refractivity contribution is 0.174. The first-order valence-electron chi connectivity index (χ1n) is 10.9. The molecule has 1 aliphatic heterocycles. The fraction of sp³-hybridized carbons (Fsp3) is 0.111. The van der Waals surface area contributed by atoms with E-state index in [1.807, 2.05) is 24.3 Å². The van der Waals surface area contributed by atoms with E-state index in [4.69, 9.17) is 9.47 Å². The SMILES string of the molecule is Cc1ccccc1-n1cc(-c2ccccc2)c2c(NCc3ccc4c(c3)OCO4)ncnc21. The van der Waals surface area contributed by atoms with Crippen molar-refractivity contribution >= 4 is 16.9 Å². The molecule has 162 valence electrons. The van der Waals surface area contributed by atoms with E-state index >= 15 is 0 Å². The molecule has 2 aromatic heterocycles. The second-order valence-electron chi connectivity index (χ2n) is 8.03. The predicted octanol–water partition coefficient (Wildman–Crippen LogP) is 5.74. The molecular weight excluding hydrogens is 412 g/mol. The molecule has 0 aliphatic carbocycles. The van der Waals surface area contributed by atoms with Gasteiger partial charge in [0.15, 0.2) is 17.1 Å². The summed E-state index contributed by atoms with van der Waals surface area (Å²) in [6, 6.07) is 24.7. The molecule has 0 atom stereocenters. The summed E-state index contributed by atoms with van der Waals surface area (Å²) in [6.45, 7) is 2.99. The average Bonchev–Trinajstić information content (AvgIpc) is 3.48. The topological polar surface area (TPSA) is 61.2 Å². The van der Waals surface area contributed by atoms with E-state index in [0.29, 0.717) is 6.54 Å². The van der Waals surface area contributed by atoms with Gasteiger partial charge in [-0.25, -0.2) is 9.97 Å². The zero-order valence-electron chi connectivity index (χ0n) is 18.2. The van der Waals surface area contributed by atoms with Gasteiger partial charge in [-0.3, -0.25) is 0 Å². The predicted molar refractivity (Wildman–Crippen MR) is 129 cm³/mol. The number of nitrogens with zero attached hydrogens (tertiary/aromatic N) is 3. The lowest BCUT2D eigenvalue weighted by atomic mass is 10.1. The van der Waals surface area contributed by atoms with Crippen molar-refractivity contribution in [2.24, 2.45) is 0 Å². The van der Waals surface area contributed by atoms with E-state index < -0.39 is 0 Å². The first kappa shape index (κ1) is 19.4. The maximum absolute atomic E-state index is 5.52. The summed E-state index contributed by atoms with van der Waals surface area (Å²) < 4.78 is 13.1. The first-order chi connectivity index (χ1) is 16.3. The average molecular weight is 434 g/mol. The Morgan fingerprint density at radius 2 is 1.73 bits per heavy atom. The van der Waals surface area contributed by atoms with Crippen molar-refractivity contribution in [2.75, 3.05) is 12.1 Å². The second kappa shape index (κ2) is 7.98. The van der Waals surface area contributed by atoms with Crippen LogP contribution in [0.5, 0.6) is 11.5 Å². The highest BCUT2D eigenvalue weighted by molar-refractivity contribution is 6.02. The summed E-state index contributed by atoms with van der Waals surface area (Å²) in [4.78, 5) is 9.30. The minimum atomic E-state index is 0.269. The molecule has 3 heterocycles. The Morgan fingerprint density at radius 3 is 2.61 bits per heavy atom. The van der Waals surface area contributed by atoms with Crippen LogP contribution >= 0.6 is 0 Å². The molecule has 0 unspecified atom stereocenters. The number of hydrogen-bond acceptors (Lipinski definition) is 5. The van der Waals surface area contributed by atoms with Crippen molar-refractivity contribution in [1.29, 1.82) is 0 Å². The summed E-state index contributed by atoms with van der Waals surface area (Å²) in [5, 5.41) is 4.52. The van der Waals surface area contributed by atoms with Gasteiger partial charge in [0, 0.05) is 24.0 Å². The standard InChI is InChI=1S/C27H22N4O2/c1-18-7-5-6-10-22(18)31-15-21(20-8-3-2-4-9-20)25-26(29-16-30-27(25)31)28-14-19-11-12-23-24(13-19)33-17-32-23/h2-13,15-16H,14,17H2,1H3,(H,28,29,30). The van der Waals surface area contributed by atoms with Crippen LogP contribution in [0.3, 0.4) is 0 Å². The van der Waals surface area contributed by atoms with Gasteiger partial charge < -0.3 is 19.4 Å². The van der Waals surface area contributed by atoms with E-state index in [0.717, 1.165) is 50.7 Å². The van der Waals surface area contributed by atoms with Crippen LogP contribution in [-0.2, 0) is 6.54 Å². The molecule has 5 aromatic rings. The number of rotatable bonds is 5. The zero-order valence-corrected chi connectivity index (χ0v) is 18.2. The molecule has 1 N–H and O–H groups in total. The quantitative estimate of drug-likeness (QED) is 0.382. The molecule has 6 heteroatoms. The fourth-order valence-corrected chi connectivity index (χ4v) is 4.29. The summed E-state index contributed by atoms with van der Waals surface area (Å²) in [6.07, 6.45) is 3.77. The monoisotopic (exact) mass is 434 g/mol. The van der Waals surface area contributed by atoms with E-state index in [2.05, 4.69) is 81.5 Å². The fourth-order valence-electron chi connectivity index (χ4n) is 4.29. The van der Waals surface area contributed by atoms with Crippen LogP contribution in [-0.4, -0.2) is 21.3 Å². The molecule has 0 spiro atoms. The van der Waals surface area contributed by atoms with E-state index in [1.54, 1.807) is 6.33 Å². The van der Waals surface area contributed by atoms with Crippen LogP contribution in [0.4, 0.5) is 5.82 Å². The molecule has 0 saturated heterocycles. The van der Waals surface area contributed by atoms with Crippen LogP contribution in [0.1, 0.15) is 11.1 Å². The molecular formula is C27H22N4O2. The van der Waals surface area contributed by atoms with Crippen LogP contribution < -0.4 is 14.8 Å². The van der Waals surface area contributed by atoms with Crippen molar-refractivity contribution in [3.63, 3.8) is 0 Å². The third-order valence-corrected chi connectivity index (χ3v) is 5.94. The Kier molecular flexibility index (Phi) is 4.69. The lowest BCUT2D eigenvalue weighted by Crippen LogP contribution is -2.03. The Hall–Kier alpha value is -4.32. The minimum Gasteiger partial charge on any atom is -0.454 e. The lowest BCUT2D eigenvalue weighted by Gasteiger charge is -2.10. The molecule has 6 nitrogen and oxygen atoms in total. The summed E-state index contributed by atoms with van der Waals surface area (Å²) in [5.41, 5.74) is 6.45. The maximum atomic E-state index is 5.52. The van der Waals surface area contributed by atoms with Crippen molar-refractivity contribution in [2.45, 2.75) is 13.5 Å². The molecule has 0 fully saturated rings. The highest BCUT2D eigenvalue weighted by atomic mass is 16.7. The van der Waals surface area contributed by atoms with Crippen molar-refractivity contribution in [3.8, 4) is 28.3 Å². The van der Waals surface area contributed by atoms with Gasteiger partial charge in [-0.1, -0.05) is 54.6 Å². The van der Waals surface area contributed by atoms with Gasteiger partial charge in [0.05, 0.1) is 5.39 Å². The molecule has 1 aliphatic rings. The Morgan fingerprint density at radius 1 is 0.909 bits per heavy atom. The van der Waals surface area contributed by atoms with Crippen molar-refractivity contribution in [3.05, 3.63) is 96.4 Å².